The van der Waals surface area contributed by atoms with E-state index in [0.717, 1.165) is 40.1 Å². The van der Waals surface area contributed by atoms with Crippen LogP contribution in [0, 0.1) is 0 Å². The van der Waals surface area contributed by atoms with Gasteiger partial charge in [-0.25, -0.2) is 0 Å². The van der Waals surface area contributed by atoms with Gasteiger partial charge in [0.05, 0.1) is 16.8 Å². The van der Waals surface area contributed by atoms with Crippen LogP contribution in [0.5, 0.6) is 11.5 Å². The van der Waals surface area contributed by atoms with Gasteiger partial charge >= 0.3 is 0 Å². The third-order valence-corrected chi connectivity index (χ3v) is 13.4. The molecular formula is C58H37NO. The maximum Gasteiger partial charge on any atom is 0.140 e. The van der Waals surface area contributed by atoms with E-state index in [1.54, 1.807) is 0 Å². The van der Waals surface area contributed by atoms with E-state index < -0.39 is 5.41 Å². The van der Waals surface area contributed by atoms with Crippen molar-refractivity contribution in [2.45, 2.75) is 11.8 Å². The van der Waals surface area contributed by atoms with Crippen molar-refractivity contribution in [3.8, 4) is 44.9 Å². The standard InChI is InChI=1S/C58H37NO/c1-2-18-41(19-3-1)59(55-28-14-25-46-42-20-7-6-17-39(42)36-49(46)55)54-27-13-11-21-43(54)40-31-32-51-48(35-40)47-24-10-12-26-50(47)58(51)52-33-29-37-15-4-8-22-44(37)56(52)60-57-45-23-9-5-16-38(45)30-34-53(57)58/h1-35H,36H2. The van der Waals surface area contributed by atoms with Gasteiger partial charge in [0.15, 0.2) is 0 Å². The molecule has 0 saturated heterocycles. The average Bonchev–Trinajstić information content (AvgIpc) is 3.84. The Morgan fingerprint density at radius 2 is 0.950 bits per heavy atom. The zero-order chi connectivity index (χ0) is 39.4. The summed E-state index contributed by atoms with van der Waals surface area (Å²) in [6, 6.07) is 78.1. The number of anilines is 3. The first kappa shape index (κ1) is 33.3. The highest BCUT2D eigenvalue weighted by Gasteiger charge is 2.52. The minimum Gasteiger partial charge on any atom is -0.455 e. The Morgan fingerprint density at radius 3 is 1.72 bits per heavy atom. The van der Waals surface area contributed by atoms with Gasteiger partial charge in [0.25, 0.3) is 0 Å². The molecule has 1 aliphatic heterocycles. The van der Waals surface area contributed by atoms with Gasteiger partial charge in [-0.3, -0.25) is 0 Å². The molecule has 0 unspecified atom stereocenters. The number of fused-ring (bicyclic) bond motifs is 16. The largest absolute Gasteiger partial charge is 0.455 e. The molecule has 2 heteroatoms. The van der Waals surface area contributed by atoms with Gasteiger partial charge in [0, 0.05) is 39.6 Å². The minimum absolute atomic E-state index is 0.587. The Kier molecular flexibility index (Phi) is 7.03. The number of nitrogens with zero attached hydrogens (tertiary/aromatic N) is 1. The van der Waals surface area contributed by atoms with Crippen molar-refractivity contribution in [2.75, 3.05) is 4.90 Å². The van der Waals surface area contributed by atoms with Crippen molar-refractivity contribution in [1.82, 2.24) is 0 Å². The molecule has 0 fully saturated rings. The average molecular weight is 764 g/mol. The minimum atomic E-state index is -0.587. The summed E-state index contributed by atoms with van der Waals surface area (Å²) >= 11 is 0. The van der Waals surface area contributed by atoms with Crippen LogP contribution in [-0.4, -0.2) is 0 Å². The lowest BCUT2D eigenvalue weighted by atomic mass is 9.65. The first-order valence-corrected chi connectivity index (χ1v) is 20.9. The van der Waals surface area contributed by atoms with E-state index in [9.17, 15) is 0 Å². The van der Waals surface area contributed by atoms with Crippen LogP contribution in [0.2, 0.25) is 0 Å². The maximum atomic E-state index is 7.19. The molecule has 0 amide bonds. The predicted octanol–water partition coefficient (Wildman–Crippen LogP) is 15.2. The normalized spacial score (nSPS) is 13.5. The molecule has 1 heterocycles. The lowest BCUT2D eigenvalue weighted by molar-refractivity contribution is 0.447. The lowest BCUT2D eigenvalue weighted by Crippen LogP contribution is -2.32. The first-order valence-electron chi connectivity index (χ1n) is 20.9. The quantitative estimate of drug-likeness (QED) is 0.177. The molecule has 280 valence electrons. The van der Waals surface area contributed by atoms with E-state index in [1.807, 2.05) is 0 Å². The van der Waals surface area contributed by atoms with Gasteiger partial charge in [0.1, 0.15) is 11.5 Å². The van der Waals surface area contributed by atoms with Crippen molar-refractivity contribution < 1.29 is 4.74 Å². The van der Waals surface area contributed by atoms with Gasteiger partial charge in [0.2, 0.25) is 0 Å². The van der Waals surface area contributed by atoms with Crippen molar-refractivity contribution in [2.24, 2.45) is 0 Å². The predicted molar refractivity (Wildman–Crippen MR) is 247 cm³/mol. The Morgan fingerprint density at radius 1 is 0.383 bits per heavy atom. The molecule has 10 aromatic rings. The molecule has 60 heavy (non-hydrogen) atoms. The SMILES string of the molecule is c1ccc(N(c2ccccc2-c2ccc3c(c2)-c2ccccc2C32c3ccc4ccccc4c3Oc3c2ccc2ccccc32)c2cccc3c2Cc2ccccc2-3)cc1. The van der Waals surface area contributed by atoms with Gasteiger partial charge < -0.3 is 9.64 Å². The van der Waals surface area contributed by atoms with E-state index in [2.05, 4.69) is 217 Å². The van der Waals surface area contributed by atoms with E-state index in [1.165, 1.54) is 83.2 Å². The number of hydrogen-bond donors (Lipinski definition) is 0. The van der Waals surface area contributed by atoms with Gasteiger partial charge in [-0.05, 0) is 91.2 Å². The highest BCUT2D eigenvalue weighted by molar-refractivity contribution is 6.01. The molecule has 1 spiro atoms. The van der Waals surface area contributed by atoms with E-state index >= 15 is 0 Å². The smallest absolute Gasteiger partial charge is 0.140 e. The summed E-state index contributed by atoms with van der Waals surface area (Å²) in [6.07, 6.45) is 0.905. The van der Waals surface area contributed by atoms with Crippen LogP contribution in [0.25, 0.3) is 54.9 Å². The van der Waals surface area contributed by atoms with E-state index in [0.29, 0.717) is 0 Å². The van der Waals surface area contributed by atoms with Crippen LogP contribution in [-0.2, 0) is 11.8 Å². The fourth-order valence-corrected chi connectivity index (χ4v) is 10.8. The van der Waals surface area contributed by atoms with Gasteiger partial charge in [-0.15, -0.1) is 0 Å². The number of rotatable bonds is 4. The third kappa shape index (κ3) is 4.53. The van der Waals surface area contributed by atoms with E-state index in [-0.39, 0.29) is 0 Å². The molecular weight excluding hydrogens is 727 g/mol. The summed E-state index contributed by atoms with van der Waals surface area (Å²) in [5.41, 5.74) is 18.1. The zero-order valence-corrected chi connectivity index (χ0v) is 32.8. The summed E-state index contributed by atoms with van der Waals surface area (Å²) in [5, 5.41) is 4.59. The molecule has 0 saturated carbocycles. The fourth-order valence-electron chi connectivity index (χ4n) is 10.8. The van der Waals surface area contributed by atoms with Crippen LogP contribution in [0.1, 0.15) is 33.4 Å². The monoisotopic (exact) mass is 763 g/mol. The Bertz CT molecular complexity index is 3310. The van der Waals surface area contributed by atoms with Crippen molar-refractivity contribution in [1.29, 1.82) is 0 Å². The highest BCUT2D eigenvalue weighted by Crippen LogP contribution is 2.64. The van der Waals surface area contributed by atoms with Crippen LogP contribution in [0.4, 0.5) is 17.1 Å². The summed E-state index contributed by atoms with van der Waals surface area (Å²) < 4.78 is 7.19. The van der Waals surface area contributed by atoms with Gasteiger partial charge in [-0.1, -0.05) is 182 Å². The number of benzene rings is 10. The number of hydrogen-bond acceptors (Lipinski definition) is 2. The molecule has 2 aliphatic carbocycles. The number of para-hydroxylation sites is 2. The first-order chi connectivity index (χ1) is 29.8. The Balaban J connectivity index is 1.05. The topological polar surface area (TPSA) is 12.5 Å². The molecule has 0 bridgehead atoms. The van der Waals surface area contributed by atoms with Crippen LogP contribution >= 0.6 is 0 Å². The summed E-state index contributed by atoms with van der Waals surface area (Å²) in [4.78, 5) is 2.48. The molecule has 0 atom stereocenters. The van der Waals surface area contributed by atoms with Crippen molar-refractivity contribution in [3.63, 3.8) is 0 Å². The lowest BCUT2D eigenvalue weighted by Gasteiger charge is -2.40. The Labute approximate surface area is 349 Å². The highest BCUT2D eigenvalue weighted by atomic mass is 16.5. The van der Waals surface area contributed by atoms with Crippen molar-refractivity contribution >= 4 is 38.6 Å². The van der Waals surface area contributed by atoms with Crippen LogP contribution < -0.4 is 9.64 Å². The third-order valence-electron chi connectivity index (χ3n) is 13.4. The molecule has 2 nitrogen and oxygen atoms in total. The summed E-state index contributed by atoms with van der Waals surface area (Å²) in [7, 11) is 0. The van der Waals surface area contributed by atoms with Gasteiger partial charge in [-0.2, -0.15) is 0 Å². The molecule has 10 aromatic carbocycles. The van der Waals surface area contributed by atoms with Crippen LogP contribution in [0.3, 0.4) is 0 Å². The maximum absolute atomic E-state index is 7.19. The second-order valence-corrected chi connectivity index (χ2v) is 16.3. The molecule has 13 rings (SSSR count). The summed E-state index contributed by atoms with van der Waals surface area (Å²) in [5.74, 6) is 1.87. The molecule has 0 aromatic heterocycles. The summed E-state index contributed by atoms with van der Waals surface area (Å²) in [6.45, 7) is 0. The van der Waals surface area contributed by atoms with Crippen LogP contribution in [0.15, 0.2) is 212 Å². The molecule has 0 N–H and O–H groups in total. The zero-order valence-electron chi connectivity index (χ0n) is 32.8. The van der Waals surface area contributed by atoms with E-state index in [4.69, 9.17) is 4.74 Å². The second-order valence-electron chi connectivity index (χ2n) is 16.3. The molecule has 3 aliphatic rings. The second kappa shape index (κ2) is 12.7. The van der Waals surface area contributed by atoms with Crippen molar-refractivity contribution in [3.05, 3.63) is 246 Å². The Hall–Kier alpha value is -7.68. The molecule has 0 radical (unpaired) electrons. The number of ether oxygens (including phenoxy) is 1. The fraction of sp³-hybridized carbons (Fsp3) is 0.0345.